The molecule has 0 N–H and O–H groups in total. The molecule has 12 heavy (non-hydrogen) atoms. The van der Waals surface area contributed by atoms with Crippen molar-refractivity contribution in [3.63, 3.8) is 0 Å². The molecule has 0 unspecified atom stereocenters. The molecular weight excluding hydrogens is 183 g/mol. The van der Waals surface area contributed by atoms with E-state index in [0.717, 1.165) is 5.54 Å². The molecule has 0 nitrogen and oxygen atoms in total. The van der Waals surface area contributed by atoms with Crippen LogP contribution in [-0.4, -0.2) is 15.5 Å². The molecule has 0 bridgehead atoms. The molecule has 1 aliphatic rings. The fourth-order valence-electron chi connectivity index (χ4n) is 2.13. The van der Waals surface area contributed by atoms with Crippen LogP contribution in [0.1, 0.15) is 25.7 Å². The van der Waals surface area contributed by atoms with Crippen molar-refractivity contribution in [2.24, 2.45) is 0 Å². The molecule has 1 aliphatic carbocycles. The van der Waals surface area contributed by atoms with E-state index in [1.165, 1.54) is 25.7 Å². The van der Waals surface area contributed by atoms with Gasteiger partial charge in [0.15, 0.2) is 0 Å². The first-order valence-electron chi connectivity index (χ1n) is 5.04. The van der Waals surface area contributed by atoms with Gasteiger partial charge in [-0.1, -0.05) is 38.8 Å². The van der Waals surface area contributed by atoms with Crippen LogP contribution in [0, 0.1) is 0 Å². The van der Waals surface area contributed by atoms with Gasteiger partial charge >= 0.3 is 0 Å². The number of hydrogen-bond acceptors (Lipinski definition) is 0. The van der Waals surface area contributed by atoms with E-state index in [2.05, 4.69) is 13.1 Å². The third-order valence-corrected chi connectivity index (χ3v) is 20.0. The van der Waals surface area contributed by atoms with Crippen molar-refractivity contribution < 1.29 is 4.11 Å². The average Bonchev–Trinajstić information content (AvgIpc) is 2.34. The van der Waals surface area contributed by atoms with Crippen LogP contribution in [0.3, 0.4) is 0 Å². The van der Waals surface area contributed by atoms with Crippen LogP contribution in [0.15, 0.2) is 0 Å². The summed E-state index contributed by atoms with van der Waals surface area (Å²) in [6.45, 7) is 8.37. The third kappa shape index (κ3) is 1.82. The number of rotatable bonds is 2. The largest absolute Gasteiger partial charge is 0.318 e. The zero-order valence-electron chi connectivity index (χ0n) is 8.78. The predicted octanol–water partition coefficient (Wildman–Crippen LogP) is 3.89. The van der Waals surface area contributed by atoms with E-state index >= 15 is 0 Å². The van der Waals surface area contributed by atoms with Gasteiger partial charge in [0.1, 0.15) is 0 Å². The molecule has 0 aliphatic heterocycles. The van der Waals surface area contributed by atoms with E-state index in [0.29, 0.717) is 0 Å². The summed E-state index contributed by atoms with van der Waals surface area (Å²) in [4.78, 5) is 0. The second-order valence-corrected chi connectivity index (χ2v) is 19.8. The molecule has 0 aromatic rings. The summed E-state index contributed by atoms with van der Waals surface area (Å²) in [6, 6.07) is 0. The Labute approximate surface area is 77.5 Å². The molecule has 72 valence electrons. The minimum Gasteiger partial charge on any atom is -0.318 e. The van der Waals surface area contributed by atoms with Crippen LogP contribution >= 0.6 is 0 Å². The highest BCUT2D eigenvalue weighted by molar-refractivity contribution is 7.38. The maximum Gasteiger partial charge on any atom is 0.227 e. The number of halogens is 1. The van der Waals surface area contributed by atoms with Crippen LogP contribution in [0.2, 0.25) is 31.7 Å². The van der Waals surface area contributed by atoms with Crippen LogP contribution < -0.4 is 0 Å². The van der Waals surface area contributed by atoms with Gasteiger partial charge in [0, 0.05) is 0 Å². The topological polar surface area (TPSA) is 0 Å². The van der Waals surface area contributed by atoms with E-state index in [9.17, 15) is 4.11 Å². The van der Waals surface area contributed by atoms with Crippen molar-refractivity contribution >= 4 is 15.5 Å². The molecule has 1 saturated carbocycles. The highest BCUT2D eigenvalue weighted by Gasteiger charge is 2.48. The van der Waals surface area contributed by atoms with Crippen LogP contribution in [0.25, 0.3) is 0 Å². The monoisotopic (exact) mass is 204 g/mol. The lowest BCUT2D eigenvalue weighted by Crippen LogP contribution is -2.54. The van der Waals surface area contributed by atoms with Gasteiger partial charge in [-0.3, -0.25) is 0 Å². The fourth-order valence-corrected chi connectivity index (χ4v) is 8.73. The lowest BCUT2D eigenvalue weighted by atomic mass is 10.4. The maximum absolute atomic E-state index is 14.0. The Balaban J connectivity index is 2.69. The van der Waals surface area contributed by atoms with Crippen molar-refractivity contribution in [1.82, 2.24) is 0 Å². The van der Waals surface area contributed by atoms with Crippen molar-refractivity contribution in [1.29, 1.82) is 0 Å². The van der Waals surface area contributed by atoms with Crippen molar-refractivity contribution in [3.05, 3.63) is 0 Å². The minimum atomic E-state index is -2.31. The van der Waals surface area contributed by atoms with Crippen molar-refractivity contribution in [2.45, 2.75) is 57.4 Å². The first-order chi connectivity index (χ1) is 5.36. The lowest BCUT2D eigenvalue weighted by Gasteiger charge is -2.36. The molecule has 1 rings (SSSR count). The molecular formula is C9H21FSi2. The van der Waals surface area contributed by atoms with Crippen molar-refractivity contribution in [3.8, 4) is 0 Å². The molecule has 0 aromatic carbocycles. The molecule has 0 amide bonds. The molecule has 0 heterocycles. The van der Waals surface area contributed by atoms with Gasteiger partial charge in [-0.05, 0) is 18.6 Å². The average molecular weight is 204 g/mol. The number of hydrogen-bond donors (Lipinski definition) is 0. The van der Waals surface area contributed by atoms with Gasteiger partial charge in [-0.25, -0.2) is 0 Å². The van der Waals surface area contributed by atoms with E-state index in [1.807, 2.05) is 13.1 Å². The second kappa shape index (κ2) is 3.26. The van der Waals surface area contributed by atoms with Crippen LogP contribution in [-0.2, 0) is 0 Å². The Morgan fingerprint density at radius 2 is 1.42 bits per heavy atom. The van der Waals surface area contributed by atoms with Crippen molar-refractivity contribution in [2.75, 3.05) is 0 Å². The van der Waals surface area contributed by atoms with Gasteiger partial charge in [-0.15, -0.1) is 0 Å². The summed E-state index contributed by atoms with van der Waals surface area (Å²) < 4.78 is 14.0. The Hall–Kier alpha value is 0.364. The van der Waals surface area contributed by atoms with Gasteiger partial charge in [0.2, 0.25) is 7.93 Å². The molecule has 3 heteroatoms. The highest BCUT2D eigenvalue weighted by Crippen LogP contribution is 2.42. The summed E-state index contributed by atoms with van der Waals surface area (Å²) in [6.07, 6.45) is 5.34. The van der Waals surface area contributed by atoms with E-state index < -0.39 is 15.5 Å². The van der Waals surface area contributed by atoms with Crippen LogP contribution in [0.4, 0.5) is 4.11 Å². The highest BCUT2D eigenvalue weighted by atomic mass is 29.3. The molecule has 0 saturated heterocycles. The molecule has 0 aromatic heterocycles. The smallest absolute Gasteiger partial charge is 0.227 e. The summed E-state index contributed by atoms with van der Waals surface area (Å²) in [5, 5.41) is 0. The van der Waals surface area contributed by atoms with E-state index in [1.54, 1.807) is 0 Å². The summed E-state index contributed by atoms with van der Waals surface area (Å²) in [7, 11) is -3.81. The van der Waals surface area contributed by atoms with Gasteiger partial charge in [0.05, 0.1) is 7.59 Å². The second-order valence-electron chi connectivity index (χ2n) is 5.18. The normalized spacial score (nSPS) is 21.8. The molecule has 0 spiro atoms. The Bertz CT molecular complexity index is 154. The zero-order chi connectivity index (χ0) is 9.41. The van der Waals surface area contributed by atoms with E-state index in [4.69, 9.17) is 0 Å². The lowest BCUT2D eigenvalue weighted by molar-refractivity contribution is 0.796. The minimum absolute atomic E-state index is 0.796. The predicted molar refractivity (Wildman–Crippen MR) is 58.3 cm³/mol. The molecule has 0 atom stereocenters. The third-order valence-electron chi connectivity index (χ3n) is 3.91. The summed E-state index contributed by atoms with van der Waals surface area (Å²) >= 11 is 0. The van der Waals surface area contributed by atoms with Gasteiger partial charge in [-0.2, -0.15) is 0 Å². The van der Waals surface area contributed by atoms with E-state index in [-0.39, 0.29) is 0 Å². The quantitative estimate of drug-likeness (QED) is 0.473. The summed E-state index contributed by atoms with van der Waals surface area (Å²) in [5.41, 5.74) is 0.796. The summed E-state index contributed by atoms with van der Waals surface area (Å²) in [5.74, 6) is 0. The van der Waals surface area contributed by atoms with Crippen LogP contribution in [0.5, 0.6) is 0 Å². The standard InChI is InChI=1S/C9H21FSi2/c1-11(2,12(3,4)10)9-7-5-6-8-9/h9H,5-8H2,1-4H3. The SMILES string of the molecule is C[Si](C)(F)[Si](C)(C)C1CCCC1. The maximum atomic E-state index is 14.0. The van der Waals surface area contributed by atoms with Gasteiger partial charge in [0.25, 0.3) is 0 Å². The zero-order valence-corrected chi connectivity index (χ0v) is 10.8. The van der Waals surface area contributed by atoms with Gasteiger partial charge < -0.3 is 4.11 Å². The first-order valence-corrected chi connectivity index (χ1v) is 12.0. The Morgan fingerprint density at radius 3 is 1.75 bits per heavy atom. The fraction of sp³-hybridized carbons (Fsp3) is 1.00. The molecule has 0 radical (unpaired) electrons. The Kier molecular flexibility index (Phi) is 2.83. The Morgan fingerprint density at radius 1 is 1.00 bits per heavy atom. The first kappa shape index (κ1) is 10.4. The molecule has 1 fully saturated rings.